The molecule has 2 radical (unpaired) electrons. The van der Waals surface area contributed by atoms with Crippen LogP contribution in [0.1, 0.15) is 91.4 Å². The SMILES string of the molecule is CCCSCCC.[B]/C(NCCCCCCCCCCNC)=C(/N)CC. The molecule has 0 aliphatic rings. The highest BCUT2D eigenvalue weighted by Gasteiger charge is 1.95. The molecule has 0 aliphatic carbocycles. The number of allylic oxidation sites excluding steroid dienone is 1. The molecule has 0 aromatic heterocycles. The third-order valence-corrected chi connectivity index (χ3v) is 5.49. The number of rotatable bonds is 17. The van der Waals surface area contributed by atoms with Gasteiger partial charge in [-0.2, -0.15) is 11.8 Å². The summed E-state index contributed by atoms with van der Waals surface area (Å²) in [5, 5.41) is 6.37. The Balaban J connectivity index is 0. The molecule has 0 saturated carbocycles. The van der Waals surface area contributed by atoms with E-state index in [4.69, 9.17) is 13.6 Å². The minimum atomic E-state index is 0.659. The lowest BCUT2D eigenvalue weighted by atomic mass is 10.0. The van der Waals surface area contributed by atoms with E-state index in [2.05, 4.69) is 36.2 Å². The van der Waals surface area contributed by atoms with Crippen molar-refractivity contribution < 1.29 is 0 Å². The zero-order chi connectivity index (χ0) is 19.9. The summed E-state index contributed by atoms with van der Waals surface area (Å²) in [6.07, 6.45) is 14.0. The lowest BCUT2D eigenvalue weighted by Gasteiger charge is -2.10. The van der Waals surface area contributed by atoms with E-state index >= 15 is 0 Å². The maximum atomic E-state index is 5.79. The third-order valence-electron chi connectivity index (χ3n) is 4.09. The van der Waals surface area contributed by atoms with Crippen molar-refractivity contribution in [3.8, 4) is 0 Å². The molecule has 0 aromatic carbocycles. The fourth-order valence-corrected chi connectivity index (χ4v) is 3.19. The van der Waals surface area contributed by atoms with Crippen molar-refractivity contribution in [2.75, 3.05) is 31.6 Å². The number of nitrogens with one attached hydrogen (secondary N) is 2. The number of hydrogen-bond acceptors (Lipinski definition) is 4. The molecule has 5 heteroatoms. The summed E-state index contributed by atoms with van der Waals surface area (Å²) in [5.74, 6) is 2.68. The van der Waals surface area contributed by atoms with Crippen LogP contribution < -0.4 is 16.4 Å². The van der Waals surface area contributed by atoms with Gasteiger partial charge in [0, 0.05) is 12.2 Å². The van der Waals surface area contributed by atoms with E-state index < -0.39 is 0 Å². The standard InChI is InChI=1S/C15H32BN3.C6H14S/c1-3-14(17)15(16)19-13-11-9-7-5-4-6-8-10-12-18-2;1-3-5-7-6-4-2/h18-19H,3-13,17H2,1-2H3;3-6H2,1-2H3/b15-14-;. The zero-order valence-corrected chi connectivity index (χ0v) is 19.0. The maximum Gasteiger partial charge on any atom is 0.140 e. The van der Waals surface area contributed by atoms with Crippen molar-refractivity contribution in [2.45, 2.75) is 91.4 Å². The fraction of sp³-hybridized carbons (Fsp3) is 0.905. The molecule has 0 heterocycles. The van der Waals surface area contributed by atoms with Crippen LogP contribution in [-0.4, -0.2) is 39.5 Å². The first-order valence-electron chi connectivity index (χ1n) is 10.8. The van der Waals surface area contributed by atoms with E-state index in [0.29, 0.717) is 5.60 Å². The first kappa shape index (κ1) is 27.9. The normalized spacial score (nSPS) is 11.5. The molecular formula is C21H46BN3S. The Hall–Kier alpha value is -0.285. The van der Waals surface area contributed by atoms with Gasteiger partial charge < -0.3 is 16.4 Å². The van der Waals surface area contributed by atoms with Crippen molar-refractivity contribution in [1.29, 1.82) is 0 Å². The van der Waals surface area contributed by atoms with Crippen molar-refractivity contribution in [1.82, 2.24) is 10.6 Å². The van der Waals surface area contributed by atoms with Gasteiger partial charge in [-0.1, -0.05) is 59.3 Å². The maximum absolute atomic E-state index is 5.79. The molecule has 0 fully saturated rings. The van der Waals surface area contributed by atoms with E-state index in [1.165, 1.54) is 75.7 Å². The first-order valence-corrected chi connectivity index (χ1v) is 12.0. The molecule has 0 amide bonds. The third kappa shape index (κ3) is 23.7. The van der Waals surface area contributed by atoms with Crippen molar-refractivity contribution in [3.63, 3.8) is 0 Å². The van der Waals surface area contributed by atoms with Crippen LogP contribution in [0, 0.1) is 0 Å². The van der Waals surface area contributed by atoms with Crippen LogP contribution in [0.5, 0.6) is 0 Å². The van der Waals surface area contributed by atoms with Gasteiger partial charge in [0.2, 0.25) is 0 Å². The highest BCUT2D eigenvalue weighted by atomic mass is 32.2. The molecule has 154 valence electrons. The van der Waals surface area contributed by atoms with Gasteiger partial charge in [0.15, 0.2) is 0 Å². The van der Waals surface area contributed by atoms with Gasteiger partial charge >= 0.3 is 0 Å². The Morgan fingerprint density at radius 3 is 1.69 bits per heavy atom. The van der Waals surface area contributed by atoms with Gasteiger partial charge in [-0.3, -0.25) is 0 Å². The van der Waals surface area contributed by atoms with Crippen LogP contribution >= 0.6 is 11.8 Å². The summed E-state index contributed by atoms with van der Waals surface area (Å²) in [5.41, 5.74) is 7.16. The predicted molar refractivity (Wildman–Crippen MR) is 124 cm³/mol. The van der Waals surface area contributed by atoms with Gasteiger partial charge in [-0.25, -0.2) is 0 Å². The van der Waals surface area contributed by atoms with Gasteiger partial charge in [0.05, 0.1) is 0 Å². The van der Waals surface area contributed by atoms with E-state index in [1.807, 2.05) is 14.0 Å². The Bertz CT molecular complexity index is 295. The molecule has 4 N–H and O–H groups in total. The van der Waals surface area contributed by atoms with E-state index in [0.717, 1.165) is 25.2 Å². The average Bonchev–Trinajstić information content (AvgIpc) is 2.66. The van der Waals surface area contributed by atoms with Crippen LogP contribution in [0.4, 0.5) is 0 Å². The molecule has 0 atom stereocenters. The van der Waals surface area contributed by atoms with Gasteiger partial charge in [-0.15, -0.1) is 0 Å². The smallest absolute Gasteiger partial charge is 0.140 e. The molecule has 0 rings (SSSR count). The second kappa shape index (κ2) is 24.7. The average molecular weight is 383 g/mol. The largest absolute Gasteiger partial charge is 0.401 e. The highest BCUT2D eigenvalue weighted by Crippen LogP contribution is 2.08. The lowest BCUT2D eigenvalue weighted by Crippen LogP contribution is -2.19. The molecule has 0 aliphatic heterocycles. The minimum absolute atomic E-state index is 0.659. The Kier molecular flexibility index (Phi) is 26.5. The second-order valence-electron chi connectivity index (χ2n) is 6.76. The number of unbranched alkanes of at least 4 members (excludes halogenated alkanes) is 7. The monoisotopic (exact) mass is 383 g/mol. The zero-order valence-electron chi connectivity index (χ0n) is 18.2. The summed E-state index contributed by atoms with van der Waals surface area (Å²) in [7, 11) is 7.80. The van der Waals surface area contributed by atoms with Crippen molar-refractivity contribution in [3.05, 3.63) is 11.3 Å². The quantitative estimate of drug-likeness (QED) is 0.240. The second-order valence-corrected chi connectivity index (χ2v) is 7.99. The molecule has 0 aromatic rings. The molecule has 26 heavy (non-hydrogen) atoms. The number of thioether (sulfide) groups is 1. The van der Waals surface area contributed by atoms with Gasteiger partial charge in [0.1, 0.15) is 7.85 Å². The first-order chi connectivity index (χ1) is 12.6. The number of nitrogens with two attached hydrogens (primary N) is 1. The van der Waals surface area contributed by atoms with Crippen LogP contribution in [0.2, 0.25) is 0 Å². The predicted octanol–water partition coefficient (Wildman–Crippen LogP) is 5.16. The van der Waals surface area contributed by atoms with Crippen LogP contribution in [-0.2, 0) is 0 Å². The van der Waals surface area contributed by atoms with Crippen LogP contribution in [0.3, 0.4) is 0 Å². The van der Waals surface area contributed by atoms with Crippen molar-refractivity contribution in [2.24, 2.45) is 5.73 Å². The summed E-state index contributed by atoms with van der Waals surface area (Å²) in [4.78, 5) is 0. The Morgan fingerprint density at radius 2 is 1.27 bits per heavy atom. The summed E-state index contributed by atoms with van der Waals surface area (Å²) < 4.78 is 0. The molecule has 0 saturated heterocycles. The van der Waals surface area contributed by atoms with E-state index in [1.54, 1.807) is 0 Å². The summed E-state index contributed by atoms with van der Waals surface area (Å²) in [6.45, 7) is 8.56. The van der Waals surface area contributed by atoms with Crippen LogP contribution in [0.15, 0.2) is 11.3 Å². The Morgan fingerprint density at radius 1 is 0.808 bits per heavy atom. The molecule has 3 nitrogen and oxygen atoms in total. The van der Waals surface area contributed by atoms with E-state index in [-0.39, 0.29) is 0 Å². The topological polar surface area (TPSA) is 50.1 Å². The van der Waals surface area contributed by atoms with Crippen LogP contribution in [0.25, 0.3) is 0 Å². The summed E-state index contributed by atoms with van der Waals surface area (Å²) in [6, 6.07) is 0. The van der Waals surface area contributed by atoms with Gasteiger partial charge in [0.25, 0.3) is 0 Å². The summed E-state index contributed by atoms with van der Waals surface area (Å²) >= 11 is 2.05. The van der Waals surface area contributed by atoms with Crippen molar-refractivity contribution >= 4 is 19.6 Å². The number of hydrogen-bond donors (Lipinski definition) is 3. The molecular weight excluding hydrogens is 337 g/mol. The molecule has 0 spiro atoms. The lowest BCUT2D eigenvalue weighted by molar-refractivity contribution is 0.556. The Labute approximate surface area is 170 Å². The minimum Gasteiger partial charge on any atom is -0.401 e. The molecule has 0 unspecified atom stereocenters. The molecule has 0 bridgehead atoms. The van der Waals surface area contributed by atoms with E-state index in [9.17, 15) is 0 Å². The van der Waals surface area contributed by atoms with Gasteiger partial charge in [-0.05, 0) is 62.8 Å². The highest BCUT2D eigenvalue weighted by molar-refractivity contribution is 7.99. The fourth-order valence-electron chi connectivity index (χ4n) is 2.41.